The van der Waals surface area contributed by atoms with Gasteiger partial charge >= 0.3 is 0 Å². The Labute approximate surface area is 137 Å². The molecule has 1 fully saturated rings. The number of aryl methyl sites for hydroxylation is 3. The predicted molar refractivity (Wildman–Crippen MR) is 93.0 cm³/mol. The maximum absolute atomic E-state index is 12.5. The first kappa shape index (κ1) is 16.1. The number of hydrogen-bond acceptors (Lipinski definition) is 2. The van der Waals surface area contributed by atoms with E-state index in [2.05, 4.69) is 36.3 Å². The molecule has 0 saturated carbocycles. The van der Waals surface area contributed by atoms with Crippen LogP contribution >= 0.6 is 0 Å². The van der Waals surface area contributed by atoms with Crippen molar-refractivity contribution >= 4 is 16.8 Å². The number of amides is 1. The van der Waals surface area contributed by atoms with E-state index in [4.69, 9.17) is 4.74 Å². The Bertz CT molecular complexity index is 712. The summed E-state index contributed by atoms with van der Waals surface area (Å²) < 4.78 is 5.38. The van der Waals surface area contributed by atoms with Crippen molar-refractivity contribution in [2.75, 3.05) is 19.8 Å². The molecule has 1 saturated heterocycles. The average molecular weight is 314 g/mol. The van der Waals surface area contributed by atoms with Crippen LogP contribution in [-0.2, 0) is 4.74 Å². The first-order valence-electron chi connectivity index (χ1n) is 8.51. The van der Waals surface area contributed by atoms with E-state index < -0.39 is 0 Å². The van der Waals surface area contributed by atoms with Gasteiger partial charge in [0.25, 0.3) is 5.91 Å². The van der Waals surface area contributed by atoms with Gasteiger partial charge in [0, 0.05) is 30.7 Å². The molecule has 1 aliphatic heterocycles. The van der Waals surface area contributed by atoms with Gasteiger partial charge in [-0.1, -0.05) is 11.6 Å². The highest BCUT2D eigenvalue weighted by Crippen LogP contribution is 2.26. The second kappa shape index (κ2) is 6.75. The van der Waals surface area contributed by atoms with E-state index in [0.717, 1.165) is 55.5 Å². The molecule has 1 aromatic heterocycles. The number of carbonyl (C=O) groups excluding carboxylic acids is 1. The number of aromatic amines is 1. The van der Waals surface area contributed by atoms with Crippen LogP contribution in [0.2, 0.25) is 0 Å². The lowest BCUT2D eigenvalue weighted by Crippen LogP contribution is -2.25. The summed E-state index contributed by atoms with van der Waals surface area (Å²) in [5, 5.41) is 4.20. The summed E-state index contributed by atoms with van der Waals surface area (Å²) in [5.74, 6) is 0.672. The molecule has 23 heavy (non-hydrogen) atoms. The van der Waals surface area contributed by atoms with E-state index in [1.165, 1.54) is 11.1 Å². The van der Waals surface area contributed by atoms with E-state index in [0.29, 0.717) is 11.6 Å². The Morgan fingerprint density at radius 3 is 2.91 bits per heavy atom. The number of benzene rings is 1. The summed E-state index contributed by atoms with van der Waals surface area (Å²) in [5.41, 5.74) is 5.21. The van der Waals surface area contributed by atoms with Crippen LogP contribution in [0.5, 0.6) is 0 Å². The number of rotatable bonds is 5. The predicted octanol–water partition coefficient (Wildman–Crippen LogP) is 3.64. The molecule has 0 unspecified atom stereocenters. The molecule has 3 rings (SSSR count). The molecule has 4 heteroatoms. The summed E-state index contributed by atoms with van der Waals surface area (Å²) >= 11 is 0. The van der Waals surface area contributed by atoms with Crippen molar-refractivity contribution in [3.63, 3.8) is 0 Å². The second-order valence-electron chi connectivity index (χ2n) is 6.76. The van der Waals surface area contributed by atoms with Crippen LogP contribution in [0, 0.1) is 26.7 Å². The van der Waals surface area contributed by atoms with E-state index in [9.17, 15) is 4.79 Å². The number of hydrogen-bond donors (Lipinski definition) is 2. The van der Waals surface area contributed by atoms with Crippen LogP contribution < -0.4 is 5.32 Å². The minimum Gasteiger partial charge on any atom is -0.381 e. The summed E-state index contributed by atoms with van der Waals surface area (Å²) in [6.45, 7) is 8.68. The van der Waals surface area contributed by atoms with Gasteiger partial charge in [-0.2, -0.15) is 0 Å². The van der Waals surface area contributed by atoms with Crippen molar-refractivity contribution in [3.05, 3.63) is 34.5 Å². The maximum atomic E-state index is 12.5. The fourth-order valence-electron chi connectivity index (χ4n) is 3.50. The first-order valence-corrected chi connectivity index (χ1v) is 8.51. The van der Waals surface area contributed by atoms with Crippen LogP contribution in [-0.4, -0.2) is 30.6 Å². The third kappa shape index (κ3) is 3.42. The molecule has 1 aromatic carbocycles. The standard InChI is InChI=1S/C19H26N2O2/c1-12-9-13(2)17-16(10-12)14(3)18(21-17)19(22)20-7-4-5-15-6-8-23-11-15/h9-10,15,21H,4-8,11H2,1-3H3,(H,20,22)/t15-/m1/s1. The van der Waals surface area contributed by atoms with Crippen LogP contribution in [0.25, 0.3) is 10.9 Å². The Hall–Kier alpha value is -1.81. The zero-order valence-corrected chi connectivity index (χ0v) is 14.3. The van der Waals surface area contributed by atoms with Crippen molar-refractivity contribution in [2.24, 2.45) is 5.92 Å². The number of fused-ring (bicyclic) bond motifs is 1. The van der Waals surface area contributed by atoms with Crippen molar-refractivity contribution in [1.82, 2.24) is 10.3 Å². The van der Waals surface area contributed by atoms with E-state index in [1.54, 1.807) is 0 Å². The molecule has 2 N–H and O–H groups in total. The second-order valence-corrected chi connectivity index (χ2v) is 6.76. The monoisotopic (exact) mass is 314 g/mol. The fraction of sp³-hybridized carbons (Fsp3) is 0.526. The van der Waals surface area contributed by atoms with Gasteiger partial charge in [0.05, 0.1) is 0 Å². The lowest BCUT2D eigenvalue weighted by Gasteiger charge is -2.08. The van der Waals surface area contributed by atoms with Crippen molar-refractivity contribution in [1.29, 1.82) is 0 Å². The summed E-state index contributed by atoms with van der Waals surface area (Å²) in [6, 6.07) is 4.29. The van der Waals surface area contributed by atoms with Gasteiger partial charge in [-0.25, -0.2) is 0 Å². The highest BCUT2D eigenvalue weighted by Gasteiger charge is 2.17. The van der Waals surface area contributed by atoms with Gasteiger partial charge in [-0.05, 0) is 63.1 Å². The number of nitrogens with one attached hydrogen (secondary N) is 2. The summed E-state index contributed by atoms with van der Waals surface area (Å²) in [7, 11) is 0. The smallest absolute Gasteiger partial charge is 0.268 e. The maximum Gasteiger partial charge on any atom is 0.268 e. The van der Waals surface area contributed by atoms with Gasteiger partial charge in [0.15, 0.2) is 0 Å². The molecule has 0 aliphatic carbocycles. The Morgan fingerprint density at radius 1 is 1.35 bits per heavy atom. The molecule has 0 radical (unpaired) electrons. The molecule has 1 atom stereocenters. The Kier molecular flexibility index (Phi) is 4.71. The van der Waals surface area contributed by atoms with E-state index in [1.807, 2.05) is 6.92 Å². The minimum absolute atomic E-state index is 0.00146. The van der Waals surface area contributed by atoms with Gasteiger partial charge in [0.1, 0.15) is 5.69 Å². The molecule has 1 aliphatic rings. The lowest BCUT2D eigenvalue weighted by atomic mass is 10.0. The topological polar surface area (TPSA) is 54.1 Å². The fourth-order valence-corrected chi connectivity index (χ4v) is 3.50. The average Bonchev–Trinajstić information content (AvgIpc) is 3.13. The lowest BCUT2D eigenvalue weighted by molar-refractivity contribution is 0.0947. The van der Waals surface area contributed by atoms with Gasteiger partial charge in [-0.15, -0.1) is 0 Å². The molecule has 1 amide bonds. The number of ether oxygens (including phenoxy) is 1. The minimum atomic E-state index is -0.00146. The van der Waals surface area contributed by atoms with Crippen molar-refractivity contribution in [2.45, 2.75) is 40.0 Å². The first-order chi connectivity index (χ1) is 11.1. The van der Waals surface area contributed by atoms with Crippen LogP contribution in [0.3, 0.4) is 0 Å². The number of carbonyl (C=O) groups is 1. The van der Waals surface area contributed by atoms with Crippen LogP contribution in [0.4, 0.5) is 0 Å². The molecule has 2 aromatic rings. The van der Waals surface area contributed by atoms with Gasteiger partial charge in [-0.3, -0.25) is 4.79 Å². The highest BCUT2D eigenvalue weighted by atomic mass is 16.5. The largest absolute Gasteiger partial charge is 0.381 e. The summed E-state index contributed by atoms with van der Waals surface area (Å²) in [4.78, 5) is 15.8. The van der Waals surface area contributed by atoms with Crippen molar-refractivity contribution < 1.29 is 9.53 Å². The Balaban J connectivity index is 1.64. The molecular weight excluding hydrogens is 288 g/mol. The molecular formula is C19H26N2O2. The molecule has 0 bridgehead atoms. The normalized spacial score (nSPS) is 17.8. The third-order valence-electron chi connectivity index (χ3n) is 4.83. The van der Waals surface area contributed by atoms with Gasteiger partial charge < -0.3 is 15.0 Å². The zero-order chi connectivity index (χ0) is 16.4. The quantitative estimate of drug-likeness (QED) is 0.828. The van der Waals surface area contributed by atoms with Crippen LogP contribution in [0.15, 0.2) is 12.1 Å². The molecule has 4 nitrogen and oxygen atoms in total. The molecule has 0 spiro atoms. The molecule has 2 heterocycles. The number of H-pyrrole nitrogens is 1. The van der Waals surface area contributed by atoms with E-state index >= 15 is 0 Å². The highest BCUT2D eigenvalue weighted by molar-refractivity contribution is 6.01. The SMILES string of the molecule is Cc1cc(C)c2[nH]c(C(=O)NCCC[C@@H]3CCOC3)c(C)c2c1. The summed E-state index contributed by atoms with van der Waals surface area (Å²) in [6.07, 6.45) is 3.30. The zero-order valence-electron chi connectivity index (χ0n) is 14.3. The van der Waals surface area contributed by atoms with Gasteiger partial charge in [0.2, 0.25) is 0 Å². The molecule has 124 valence electrons. The van der Waals surface area contributed by atoms with Crippen molar-refractivity contribution in [3.8, 4) is 0 Å². The number of aromatic nitrogens is 1. The third-order valence-corrected chi connectivity index (χ3v) is 4.83. The Morgan fingerprint density at radius 2 is 2.17 bits per heavy atom. The van der Waals surface area contributed by atoms with E-state index in [-0.39, 0.29) is 5.91 Å². The van der Waals surface area contributed by atoms with Crippen LogP contribution in [0.1, 0.15) is 46.4 Å².